The van der Waals surface area contributed by atoms with Crippen LogP contribution in [0.15, 0.2) is 116 Å². The molecule has 41 heavy (non-hydrogen) atoms. The maximum atomic E-state index is 4.83. The minimum atomic E-state index is 0.519. The smallest absolute Gasteiger partial charge is 0.0708 e. The van der Waals surface area contributed by atoms with Crippen LogP contribution in [0.4, 0.5) is 0 Å². The van der Waals surface area contributed by atoms with Crippen molar-refractivity contribution in [3.8, 4) is 33.6 Å². The zero-order valence-electron chi connectivity index (χ0n) is 22.7. The zero-order chi connectivity index (χ0) is 27.1. The summed E-state index contributed by atoms with van der Waals surface area (Å²) >= 11 is 0. The van der Waals surface area contributed by atoms with Gasteiger partial charge < -0.3 is 0 Å². The number of hydrogen-bond acceptors (Lipinski definition) is 2. The third kappa shape index (κ3) is 3.25. The number of pyridine rings is 2. The van der Waals surface area contributed by atoms with E-state index in [0.717, 1.165) is 17.8 Å². The lowest BCUT2D eigenvalue weighted by molar-refractivity contribution is 0.788. The quantitative estimate of drug-likeness (QED) is 0.214. The molecule has 9 rings (SSSR count). The molecule has 0 aliphatic heterocycles. The molecule has 0 saturated heterocycles. The largest absolute Gasteiger partial charge is 0.256 e. The fraction of sp³-hybridized carbons (Fsp3) is 0.0769. The van der Waals surface area contributed by atoms with Gasteiger partial charge in [0, 0.05) is 23.5 Å². The van der Waals surface area contributed by atoms with Crippen molar-refractivity contribution in [2.24, 2.45) is 5.92 Å². The van der Waals surface area contributed by atoms with E-state index in [9.17, 15) is 0 Å². The molecule has 2 nitrogen and oxygen atoms in total. The van der Waals surface area contributed by atoms with Crippen LogP contribution < -0.4 is 10.4 Å². The normalized spacial score (nSPS) is 15.2. The summed E-state index contributed by atoms with van der Waals surface area (Å²) in [5, 5.41) is 10.3. The Morgan fingerprint density at radius 1 is 0.512 bits per heavy atom. The van der Waals surface area contributed by atoms with Crippen molar-refractivity contribution in [1.82, 2.24) is 9.97 Å². The molecule has 0 fully saturated rings. The Hall–Kier alpha value is -5.08. The van der Waals surface area contributed by atoms with Crippen LogP contribution in [-0.2, 0) is 0 Å². The first-order valence-electron chi connectivity index (χ1n) is 14.4. The molecule has 0 saturated carbocycles. The first-order valence-corrected chi connectivity index (χ1v) is 14.4. The van der Waals surface area contributed by atoms with Gasteiger partial charge in [-0.2, -0.15) is 0 Å². The van der Waals surface area contributed by atoms with Gasteiger partial charge in [-0.05, 0) is 126 Å². The maximum absolute atomic E-state index is 4.83. The Labute approximate surface area is 238 Å². The van der Waals surface area contributed by atoms with E-state index >= 15 is 0 Å². The SMILES string of the molecule is CC1C=c2cccc3c2=C(C1)c1cc2c(cc1-3)c(-c1ccccn1)cc1c3ccccc3c(-c3ccccn3)cc21. The number of fused-ring (bicyclic) bond motifs is 8. The fourth-order valence-electron chi connectivity index (χ4n) is 7.29. The van der Waals surface area contributed by atoms with Crippen molar-refractivity contribution in [2.45, 2.75) is 13.3 Å². The first-order chi connectivity index (χ1) is 20.2. The van der Waals surface area contributed by atoms with Crippen LogP contribution in [0.2, 0.25) is 0 Å². The molecule has 1 atom stereocenters. The number of rotatable bonds is 2. The van der Waals surface area contributed by atoms with Gasteiger partial charge in [-0.3, -0.25) is 9.97 Å². The molecule has 2 aromatic heterocycles. The summed E-state index contributed by atoms with van der Waals surface area (Å²) in [6.07, 6.45) is 7.29. The minimum absolute atomic E-state index is 0.519. The van der Waals surface area contributed by atoms with E-state index in [1.54, 1.807) is 0 Å². The maximum Gasteiger partial charge on any atom is 0.0708 e. The molecule has 0 amide bonds. The summed E-state index contributed by atoms with van der Waals surface area (Å²) in [6, 6.07) is 37.6. The molecule has 2 heteroatoms. The van der Waals surface area contributed by atoms with Crippen molar-refractivity contribution in [3.63, 3.8) is 0 Å². The van der Waals surface area contributed by atoms with E-state index in [1.807, 2.05) is 24.5 Å². The summed E-state index contributed by atoms with van der Waals surface area (Å²) in [5.41, 5.74) is 9.91. The van der Waals surface area contributed by atoms with Gasteiger partial charge in [-0.15, -0.1) is 0 Å². The molecular formula is C39H26N2. The number of benzene rings is 5. The second-order valence-electron chi connectivity index (χ2n) is 11.5. The van der Waals surface area contributed by atoms with Crippen LogP contribution in [0.5, 0.6) is 0 Å². The lowest BCUT2D eigenvalue weighted by atomic mass is 9.86. The van der Waals surface area contributed by atoms with Gasteiger partial charge in [-0.25, -0.2) is 0 Å². The van der Waals surface area contributed by atoms with Gasteiger partial charge in [0.2, 0.25) is 0 Å². The van der Waals surface area contributed by atoms with Gasteiger partial charge in [0.05, 0.1) is 11.4 Å². The molecule has 0 spiro atoms. The van der Waals surface area contributed by atoms with Crippen LogP contribution in [0.3, 0.4) is 0 Å². The molecule has 2 heterocycles. The Bertz CT molecular complexity index is 2330. The van der Waals surface area contributed by atoms with Crippen molar-refractivity contribution >= 4 is 44.0 Å². The van der Waals surface area contributed by atoms with Crippen LogP contribution in [0.1, 0.15) is 18.9 Å². The van der Waals surface area contributed by atoms with Crippen molar-refractivity contribution in [1.29, 1.82) is 0 Å². The van der Waals surface area contributed by atoms with E-state index in [2.05, 4.69) is 104 Å². The molecular weight excluding hydrogens is 496 g/mol. The van der Waals surface area contributed by atoms with Crippen LogP contribution in [0, 0.1) is 5.92 Å². The van der Waals surface area contributed by atoms with Gasteiger partial charge >= 0.3 is 0 Å². The lowest BCUT2D eigenvalue weighted by Gasteiger charge is -2.18. The highest BCUT2D eigenvalue weighted by molar-refractivity contribution is 6.24. The van der Waals surface area contributed by atoms with Crippen molar-refractivity contribution in [3.05, 3.63) is 132 Å². The standard InChI is InChI=1S/C39H26N2/c1-23-17-24-9-8-12-27-29-19-32-30(20-33(29)36(18-23)39(24)27)31-22-34(37-13-4-6-15-40-37)26-11-3-2-10-25(26)28(31)21-35(32)38-14-5-7-16-41-38/h2-17,19-23H,18H2,1H3. The number of nitrogens with zero attached hydrogens (tertiary/aromatic N) is 2. The Morgan fingerprint density at radius 3 is 1.85 bits per heavy atom. The molecule has 0 N–H and O–H groups in total. The van der Waals surface area contributed by atoms with E-state index in [1.165, 1.54) is 76.1 Å². The zero-order valence-corrected chi connectivity index (χ0v) is 22.7. The topological polar surface area (TPSA) is 25.8 Å². The Morgan fingerprint density at radius 2 is 1.12 bits per heavy atom. The molecule has 2 aliphatic rings. The molecule has 0 bridgehead atoms. The van der Waals surface area contributed by atoms with E-state index in [-0.39, 0.29) is 0 Å². The van der Waals surface area contributed by atoms with Gasteiger partial charge in [-0.1, -0.05) is 67.6 Å². The van der Waals surface area contributed by atoms with Gasteiger partial charge in [0.15, 0.2) is 0 Å². The summed E-state index contributed by atoms with van der Waals surface area (Å²) < 4.78 is 0. The third-order valence-corrected chi connectivity index (χ3v) is 9.00. The molecule has 0 radical (unpaired) electrons. The third-order valence-electron chi connectivity index (χ3n) is 9.00. The summed E-state index contributed by atoms with van der Waals surface area (Å²) in [7, 11) is 0. The van der Waals surface area contributed by atoms with Crippen LogP contribution in [-0.4, -0.2) is 9.97 Å². The molecule has 7 aromatic rings. The first kappa shape index (κ1) is 22.7. The Kier molecular flexibility index (Phi) is 4.68. The highest BCUT2D eigenvalue weighted by Crippen LogP contribution is 2.45. The molecule has 2 aliphatic carbocycles. The molecule has 192 valence electrons. The second kappa shape index (κ2) is 8.46. The minimum Gasteiger partial charge on any atom is -0.256 e. The summed E-state index contributed by atoms with van der Waals surface area (Å²) in [6.45, 7) is 2.33. The summed E-state index contributed by atoms with van der Waals surface area (Å²) in [5.74, 6) is 0.519. The van der Waals surface area contributed by atoms with Crippen molar-refractivity contribution in [2.75, 3.05) is 0 Å². The van der Waals surface area contributed by atoms with Crippen LogP contribution >= 0.6 is 0 Å². The highest BCUT2D eigenvalue weighted by Gasteiger charge is 2.26. The van der Waals surface area contributed by atoms with Gasteiger partial charge in [0.25, 0.3) is 0 Å². The predicted molar refractivity (Wildman–Crippen MR) is 171 cm³/mol. The molecule has 1 unspecified atom stereocenters. The highest BCUT2D eigenvalue weighted by atomic mass is 14.7. The van der Waals surface area contributed by atoms with Crippen LogP contribution in [0.25, 0.3) is 77.6 Å². The number of hydrogen-bond donors (Lipinski definition) is 0. The second-order valence-corrected chi connectivity index (χ2v) is 11.5. The van der Waals surface area contributed by atoms with E-state index < -0.39 is 0 Å². The van der Waals surface area contributed by atoms with Gasteiger partial charge in [0.1, 0.15) is 0 Å². The predicted octanol–water partition coefficient (Wildman–Crippen LogP) is 8.27. The van der Waals surface area contributed by atoms with Crippen molar-refractivity contribution < 1.29 is 0 Å². The summed E-state index contributed by atoms with van der Waals surface area (Å²) in [4.78, 5) is 9.60. The average molecular weight is 523 g/mol. The average Bonchev–Trinajstić information content (AvgIpc) is 3.33. The fourth-order valence-corrected chi connectivity index (χ4v) is 7.29. The Balaban J connectivity index is 1.48. The molecule has 5 aromatic carbocycles. The van der Waals surface area contributed by atoms with E-state index in [0.29, 0.717) is 5.92 Å². The number of aromatic nitrogens is 2. The monoisotopic (exact) mass is 522 g/mol. The lowest BCUT2D eigenvalue weighted by Crippen LogP contribution is -2.30. The van der Waals surface area contributed by atoms with E-state index in [4.69, 9.17) is 9.97 Å².